The highest BCUT2D eigenvalue weighted by Gasteiger charge is 2.32. The Bertz CT molecular complexity index is 868. The van der Waals surface area contributed by atoms with Gasteiger partial charge in [0.05, 0.1) is 21.8 Å². The van der Waals surface area contributed by atoms with E-state index >= 15 is 0 Å². The predicted molar refractivity (Wildman–Crippen MR) is 110 cm³/mol. The Balaban J connectivity index is 1.86. The number of hydrogen-bond acceptors (Lipinski definition) is 5. The molecule has 1 fully saturated rings. The average molecular weight is 424 g/mol. The van der Waals surface area contributed by atoms with E-state index in [2.05, 4.69) is 4.98 Å². The number of halogens is 1. The van der Waals surface area contributed by atoms with Gasteiger partial charge in [-0.2, -0.15) is 0 Å². The largest absolute Gasteiger partial charge is 0.481 e. The van der Waals surface area contributed by atoms with Crippen molar-refractivity contribution in [3.05, 3.63) is 35.8 Å². The normalized spacial score (nSPS) is 14.2. The van der Waals surface area contributed by atoms with Crippen LogP contribution in [0.25, 0.3) is 0 Å². The molecule has 2 aromatic rings. The Morgan fingerprint density at radius 3 is 2.75 bits per heavy atom. The van der Waals surface area contributed by atoms with Crippen molar-refractivity contribution in [2.75, 3.05) is 22.6 Å². The predicted octanol–water partition coefficient (Wildman–Crippen LogP) is 4.77. The molecule has 1 aromatic heterocycles. The third-order valence-corrected chi connectivity index (χ3v) is 7.03. The molecule has 0 spiro atoms. The number of carbonyl (C=O) groups is 2. The number of nitrogens with zero attached hydrogens (tertiary/aromatic N) is 3. The number of carbonyl (C=O) groups excluding carboxylic acids is 1. The number of benzene rings is 1. The number of anilines is 2. The fraction of sp³-hybridized carbons (Fsp3) is 0.421. The Morgan fingerprint density at radius 1 is 1.36 bits per heavy atom. The molecule has 1 saturated carbocycles. The lowest BCUT2D eigenvalue weighted by Gasteiger charge is -2.33. The average Bonchev–Trinajstić information content (AvgIpc) is 3.35. The molecule has 2 amide bonds. The molecule has 0 saturated heterocycles. The lowest BCUT2D eigenvalue weighted by atomic mass is 10.1. The molecule has 0 bridgehead atoms. The summed E-state index contributed by atoms with van der Waals surface area (Å²) in [6, 6.07) is 4.56. The molecule has 1 N–H and O–H groups in total. The van der Waals surface area contributed by atoms with Crippen molar-refractivity contribution in [3.8, 4) is 0 Å². The second-order valence-corrected chi connectivity index (χ2v) is 8.96. The van der Waals surface area contributed by atoms with Crippen LogP contribution in [0, 0.1) is 12.7 Å². The number of amides is 2. The van der Waals surface area contributed by atoms with E-state index < -0.39 is 5.97 Å². The fourth-order valence-corrected chi connectivity index (χ4v) is 4.96. The summed E-state index contributed by atoms with van der Waals surface area (Å²) in [7, 11) is 1.64. The summed E-state index contributed by atoms with van der Waals surface area (Å²) in [5.74, 6) is -1.30. The van der Waals surface area contributed by atoms with Crippen LogP contribution in [-0.2, 0) is 4.79 Å². The van der Waals surface area contributed by atoms with Crippen LogP contribution in [0.2, 0.25) is 0 Å². The van der Waals surface area contributed by atoms with Crippen LogP contribution < -0.4 is 9.80 Å². The molecule has 0 radical (unpaired) electrons. The summed E-state index contributed by atoms with van der Waals surface area (Å²) in [6.07, 6.45) is 5.42. The summed E-state index contributed by atoms with van der Waals surface area (Å²) in [5.41, 5.74) is 1.04. The number of aliphatic carboxylic acids is 1. The third-order valence-electron chi connectivity index (χ3n) is 4.78. The van der Waals surface area contributed by atoms with Crippen LogP contribution in [0.3, 0.4) is 0 Å². The highest BCUT2D eigenvalue weighted by molar-refractivity contribution is 8.01. The van der Waals surface area contributed by atoms with Gasteiger partial charge in [-0.25, -0.2) is 14.2 Å². The topological polar surface area (TPSA) is 73.7 Å². The number of thiazole rings is 1. The minimum atomic E-state index is -0.904. The van der Waals surface area contributed by atoms with Gasteiger partial charge in [-0.05, 0) is 31.9 Å². The van der Waals surface area contributed by atoms with Crippen LogP contribution in [-0.4, -0.2) is 40.9 Å². The molecule has 1 heterocycles. The van der Waals surface area contributed by atoms with E-state index in [0.29, 0.717) is 16.4 Å². The summed E-state index contributed by atoms with van der Waals surface area (Å²) < 4.78 is 14.9. The first-order valence-electron chi connectivity index (χ1n) is 9.01. The number of carboxylic acid groups (broad SMARTS) is 1. The lowest BCUT2D eigenvalue weighted by molar-refractivity contribution is -0.133. The monoisotopic (exact) mass is 423 g/mol. The van der Waals surface area contributed by atoms with Gasteiger partial charge < -0.3 is 5.11 Å². The zero-order valence-corrected chi connectivity index (χ0v) is 17.4. The molecule has 0 aliphatic heterocycles. The smallest absolute Gasteiger partial charge is 0.330 e. The highest BCUT2D eigenvalue weighted by Crippen LogP contribution is 2.35. The zero-order valence-electron chi connectivity index (χ0n) is 15.7. The molecule has 1 aliphatic carbocycles. The fourth-order valence-electron chi connectivity index (χ4n) is 3.32. The lowest BCUT2D eigenvalue weighted by Crippen LogP contribution is -2.47. The van der Waals surface area contributed by atoms with Crippen molar-refractivity contribution < 1.29 is 19.1 Å². The van der Waals surface area contributed by atoms with Gasteiger partial charge in [-0.3, -0.25) is 14.6 Å². The first kappa shape index (κ1) is 20.6. The molecule has 1 aromatic carbocycles. The van der Waals surface area contributed by atoms with E-state index in [4.69, 9.17) is 5.11 Å². The molecule has 1 aliphatic rings. The molecule has 150 valence electrons. The van der Waals surface area contributed by atoms with Gasteiger partial charge in [-0.1, -0.05) is 30.2 Å². The highest BCUT2D eigenvalue weighted by atomic mass is 32.2. The number of hydrogen-bond donors (Lipinski definition) is 1. The SMILES string of the molecule is Cc1c(F)cccc1N(C(=O)N(C)c1ncc(SCC(=O)O)s1)C1CCCC1. The van der Waals surface area contributed by atoms with Gasteiger partial charge in [0, 0.05) is 18.7 Å². The molecular weight excluding hydrogens is 401 g/mol. The van der Waals surface area contributed by atoms with Crippen molar-refractivity contribution in [2.24, 2.45) is 0 Å². The van der Waals surface area contributed by atoms with Crippen molar-refractivity contribution in [3.63, 3.8) is 0 Å². The van der Waals surface area contributed by atoms with Crippen molar-refractivity contribution >= 4 is 45.9 Å². The number of urea groups is 1. The van der Waals surface area contributed by atoms with Crippen molar-refractivity contribution in [1.82, 2.24) is 4.98 Å². The second kappa shape index (κ2) is 8.91. The minimum Gasteiger partial charge on any atom is -0.481 e. The maximum absolute atomic E-state index is 14.2. The van der Waals surface area contributed by atoms with Crippen LogP contribution in [0.15, 0.2) is 28.6 Å². The quantitative estimate of drug-likeness (QED) is 0.678. The summed E-state index contributed by atoms with van der Waals surface area (Å²) >= 11 is 2.43. The Labute approximate surface area is 171 Å². The van der Waals surface area contributed by atoms with E-state index in [1.165, 1.54) is 34.1 Å². The second-order valence-electron chi connectivity index (χ2n) is 6.68. The molecule has 0 unspecified atom stereocenters. The first-order chi connectivity index (χ1) is 13.4. The number of aromatic nitrogens is 1. The first-order valence-corrected chi connectivity index (χ1v) is 10.8. The summed E-state index contributed by atoms with van der Waals surface area (Å²) in [6.45, 7) is 1.68. The van der Waals surface area contributed by atoms with Crippen LogP contribution >= 0.6 is 23.1 Å². The maximum atomic E-state index is 14.2. The van der Waals surface area contributed by atoms with Gasteiger partial charge in [0.1, 0.15) is 5.82 Å². The summed E-state index contributed by atoms with van der Waals surface area (Å²) in [5, 5.41) is 9.29. The Hall–Kier alpha value is -2.13. The van der Waals surface area contributed by atoms with E-state index in [0.717, 1.165) is 29.9 Å². The Morgan fingerprint density at radius 2 is 2.07 bits per heavy atom. The van der Waals surface area contributed by atoms with E-state index in [-0.39, 0.29) is 23.6 Å². The summed E-state index contributed by atoms with van der Waals surface area (Å²) in [4.78, 5) is 31.5. The number of thioether (sulfide) groups is 1. The molecule has 0 atom stereocenters. The molecular formula is C19H22FN3O3S2. The van der Waals surface area contributed by atoms with E-state index in [9.17, 15) is 14.0 Å². The van der Waals surface area contributed by atoms with Crippen LogP contribution in [0.1, 0.15) is 31.2 Å². The number of carboxylic acids is 1. The number of rotatable bonds is 6. The van der Waals surface area contributed by atoms with Crippen molar-refractivity contribution in [1.29, 1.82) is 0 Å². The van der Waals surface area contributed by atoms with Crippen LogP contribution in [0.5, 0.6) is 0 Å². The molecule has 9 heteroatoms. The Kier molecular flexibility index (Phi) is 6.56. The zero-order chi connectivity index (χ0) is 20.3. The van der Waals surface area contributed by atoms with E-state index in [1.54, 1.807) is 37.2 Å². The molecule has 3 rings (SSSR count). The minimum absolute atomic E-state index is 0.0243. The van der Waals surface area contributed by atoms with Gasteiger partial charge in [0.2, 0.25) is 0 Å². The standard InChI is InChI=1S/C19H22FN3O3S2/c1-12-14(20)8-5-9-15(12)23(13-6-3-4-7-13)19(26)22(2)18-21-10-17(28-18)27-11-16(24)25/h5,8-10,13H,3-4,6-7,11H2,1-2H3,(H,24,25). The van der Waals surface area contributed by atoms with Gasteiger partial charge in [-0.15, -0.1) is 11.8 Å². The third kappa shape index (κ3) is 4.47. The molecule has 28 heavy (non-hydrogen) atoms. The molecule has 6 nitrogen and oxygen atoms in total. The van der Waals surface area contributed by atoms with Crippen molar-refractivity contribution in [2.45, 2.75) is 42.9 Å². The maximum Gasteiger partial charge on any atom is 0.330 e. The van der Waals surface area contributed by atoms with Gasteiger partial charge in [0.15, 0.2) is 5.13 Å². The van der Waals surface area contributed by atoms with E-state index in [1.807, 2.05) is 0 Å². The van der Waals surface area contributed by atoms with Crippen LogP contribution in [0.4, 0.5) is 20.0 Å². The van der Waals surface area contributed by atoms with Gasteiger partial charge >= 0.3 is 12.0 Å². The van der Waals surface area contributed by atoms with Gasteiger partial charge in [0.25, 0.3) is 0 Å².